The molecule has 0 bridgehead atoms. The van der Waals surface area contributed by atoms with Crippen LogP contribution in [0.4, 0.5) is 0 Å². The van der Waals surface area contributed by atoms with E-state index < -0.39 is 0 Å². The van der Waals surface area contributed by atoms with Crippen molar-refractivity contribution in [3.63, 3.8) is 0 Å². The Morgan fingerprint density at radius 3 is 2.91 bits per heavy atom. The molecule has 0 amide bonds. The van der Waals surface area contributed by atoms with Crippen molar-refractivity contribution in [3.8, 4) is 0 Å². The maximum atomic E-state index is 8.62. The molecule has 0 saturated carbocycles. The van der Waals surface area contributed by atoms with Gasteiger partial charge in [-0.05, 0) is 13.0 Å². The van der Waals surface area contributed by atoms with E-state index in [0.29, 0.717) is 12.4 Å². The summed E-state index contributed by atoms with van der Waals surface area (Å²) >= 11 is 0. The van der Waals surface area contributed by atoms with Crippen molar-refractivity contribution in [2.75, 3.05) is 6.54 Å². The van der Waals surface area contributed by atoms with Crippen molar-refractivity contribution < 1.29 is 5.11 Å². The van der Waals surface area contributed by atoms with Crippen LogP contribution in [0.5, 0.6) is 0 Å². The van der Waals surface area contributed by atoms with Crippen LogP contribution in [0.1, 0.15) is 18.1 Å². The molecule has 5 heteroatoms. The summed E-state index contributed by atoms with van der Waals surface area (Å²) in [5, 5.41) is 15.1. The highest BCUT2D eigenvalue weighted by molar-refractivity contribution is 4.88. The Kier molecular flexibility index (Phi) is 3.00. The fraction of sp³-hybridized carbons (Fsp3) is 0.667. The van der Waals surface area contributed by atoms with E-state index in [1.54, 1.807) is 0 Å². The van der Waals surface area contributed by atoms with E-state index in [2.05, 4.69) is 15.2 Å². The average molecular weight is 156 g/mol. The molecule has 0 saturated heterocycles. The van der Waals surface area contributed by atoms with Crippen LogP contribution < -0.4 is 5.73 Å². The highest BCUT2D eigenvalue weighted by Gasteiger charge is 1.99. The SMILES string of the molecule is NCCCc1n[nH]c(CO)n1. The van der Waals surface area contributed by atoms with E-state index in [9.17, 15) is 0 Å². The lowest BCUT2D eigenvalue weighted by Gasteiger charge is -1.88. The van der Waals surface area contributed by atoms with Crippen LogP contribution in [0.2, 0.25) is 0 Å². The molecule has 0 atom stereocenters. The molecule has 4 N–H and O–H groups in total. The molecule has 1 rings (SSSR count). The van der Waals surface area contributed by atoms with Gasteiger partial charge in [-0.2, -0.15) is 5.10 Å². The first-order chi connectivity index (χ1) is 5.36. The average Bonchev–Trinajstić information content (AvgIpc) is 2.48. The van der Waals surface area contributed by atoms with Gasteiger partial charge in [0.15, 0.2) is 5.82 Å². The second-order valence-electron chi connectivity index (χ2n) is 2.25. The van der Waals surface area contributed by atoms with Gasteiger partial charge < -0.3 is 10.8 Å². The van der Waals surface area contributed by atoms with Gasteiger partial charge in [-0.3, -0.25) is 5.10 Å². The summed E-state index contributed by atoms with van der Waals surface area (Å²) in [4.78, 5) is 3.99. The van der Waals surface area contributed by atoms with Crippen LogP contribution in [0.25, 0.3) is 0 Å². The van der Waals surface area contributed by atoms with Crippen molar-refractivity contribution in [1.29, 1.82) is 0 Å². The first kappa shape index (κ1) is 8.16. The number of aryl methyl sites for hydroxylation is 1. The highest BCUT2D eigenvalue weighted by Crippen LogP contribution is 1.95. The minimum atomic E-state index is -0.0877. The Balaban J connectivity index is 2.44. The number of aliphatic hydroxyl groups excluding tert-OH is 1. The predicted molar refractivity (Wildman–Crippen MR) is 39.7 cm³/mol. The number of rotatable bonds is 4. The van der Waals surface area contributed by atoms with Crippen LogP contribution in [-0.2, 0) is 13.0 Å². The standard InChI is InChI=1S/C6H12N4O/c7-3-1-2-5-8-6(4-11)10-9-5/h11H,1-4,7H2,(H,8,9,10). The van der Waals surface area contributed by atoms with Gasteiger partial charge in [-0.1, -0.05) is 0 Å². The van der Waals surface area contributed by atoms with Crippen LogP contribution in [0.3, 0.4) is 0 Å². The molecule has 0 spiro atoms. The molecule has 0 radical (unpaired) electrons. The van der Waals surface area contributed by atoms with Gasteiger partial charge in [-0.15, -0.1) is 0 Å². The maximum absolute atomic E-state index is 8.62. The first-order valence-corrected chi connectivity index (χ1v) is 3.58. The first-order valence-electron chi connectivity index (χ1n) is 3.58. The zero-order chi connectivity index (χ0) is 8.10. The van der Waals surface area contributed by atoms with Gasteiger partial charge in [0.05, 0.1) is 0 Å². The number of nitrogens with one attached hydrogen (secondary N) is 1. The van der Waals surface area contributed by atoms with Gasteiger partial charge in [0.1, 0.15) is 12.4 Å². The molecule has 5 nitrogen and oxygen atoms in total. The Hall–Kier alpha value is -0.940. The second-order valence-corrected chi connectivity index (χ2v) is 2.25. The molecular weight excluding hydrogens is 144 g/mol. The van der Waals surface area contributed by atoms with Gasteiger partial charge in [0.25, 0.3) is 0 Å². The van der Waals surface area contributed by atoms with Crippen molar-refractivity contribution in [1.82, 2.24) is 15.2 Å². The lowest BCUT2D eigenvalue weighted by Crippen LogP contribution is -2.01. The molecule has 1 aromatic heterocycles. The minimum Gasteiger partial charge on any atom is -0.388 e. The molecule has 62 valence electrons. The molecule has 0 aromatic carbocycles. The van der Waals surface area contributed by atoms with Crippen molar-refractivity contribution >= 4 is 0 Å². The fourth-order valence-corrected chi connectivity index (χ4v) is 0.778. The smallest absolute Gasteiger partial charge is 0.150 e. The monoisotopic (exact) mass is 156 g/mol. The third-order valence-corrected chi connectivity index (χ3v) is 1.33. The summed E-state index contributed by atoms with van der Waals surface area (Å²) in [6, 6.07) is 0. The summed E-state index contributed by atoms with van der Waals surface area (Å²) in [6.07, 6.45) is 1.65. The minimum absolute atomic E-state index is 0.0877. The van der Waals surface area contributed by atoms with Gasteiger partial charge in [-0.25, -0.2) is 4.98 Å². The zero-order valence-electron chi connectivity index (χ0n) is 6.25. The maximum Gasteiger partial charge on any atom is 0.150 e. The van der Waals surface area contributed by atoms with Crippen LogP contribution in [0.15, 0.2) is 0 Å². The molecule has 1 aromatic rings. The normalized spacial score (nSPS) is 10.4. The highest BCUT2D eigenvalue weighted by atomic mass is 16.3. The van der Waals surface area contributed by atoms with E-state index in [1.165, 1.54) is 0 Å². The van der Waals surface area contributed by atoms with Crippen molar-refractivity contribution in [3.05, 3.63) is 11.6 Å². The number of H-pyrrole nitrogens is 1. The Morgan fingerprint density at radius 1 is 1.55 bits per heavy atom. The molecule has 0 aliphatic carbocycles. The Morgan fingerprint density at radius 2 is 2.36 bits per heavy atom. The van der Waals surface area contributed by atoms with Crippen LogP contribution in [0, 0.1) is 0 Å². The van der Waals surface area contributed by atoms with Gasteiger partial charge >= 0.3 is 0 Å². The number of hydrogen-bond acceptors (Lipinski definition) is 4. The van der Waals surface area contributed by atoms with Crippen molar-refractivity contribution in [2.45, 2.75) is 19.4 Å². The summed E-state index contributed by atoms with van der Waals surface area (Å²) in [5.74, 6) is 1.23. The summed E-state index contributed by atoms with van der Waals surface area (Å²) < 4.78 is 0. The fourth-order valence-electron chi connectivity index (χ4n) is 0.778. The molecule has 1 heterocycles. The largest absolute Gasteiger partial charge is 0.388 e. The van der Waals surface area contributed by atoms with E-state index in [4.69, 9.17) is 10.8 Å². The Labute approximate surface area is 64.6 Å². The molecule has 0 aliphatic rings. The number of nitrogens with two attached hydrogens (primary N) is 1. The quantitative estimate of drug-likeness (QED) is 0.532. The summed E-state index contributed by atoms with van der Waals surface area (Å²) in [6.45, 7) is 0.554. The molecular formula is C6H12N4O. The Bertz CT molecular complexity index is 210. The third-order valence-electron chi connectivity index (χ3n) is 1.33. The van der Waals surface area contributed by atoms with Crippen molar-refractivity contribution in [2.24, 2.45) is 5.73 Å². The van der Waals surface area contributed by atoms with E-state index >= 15 is 0 Å². The van der Waals surface area contributed by atoms with E-state index in [0.717, 1.165) is 18.7 Å². The number of aliphatic hydroxyl groups is 1. The number of aromatic amines is 1. The zero-order valence-corrected chi connectivity index (χ0v) is 6.25. The number of hydrogen-bond donors (Lipinski definition) is 3. The molecule has 11 heavy (non-hydrogen) atoms. The van der Waals surface area contributed by atoms with Crippen LogP contribution >= 0.6 is 0 Å². The predicted octanol–water partition coefficient (Wildman–Crippen LogP) is -0.812. The topological polar surface area (TPSA) is 87.8 Å². The summed E-state index contributed by atoms with van der Waals surface area (Å²) in [7, 11) is 0. The van der Waals surface area contributed by atoms with Crippen LogP contribution in [-0.4, -0.2) is 26.8 Å². The third kappa shape index (κ3) is 2.28. The second kappa shape index (κ2) is 4.05. The van der Waals surface area contributed by atoms with Gasteiger partial charge in [0.2, 0.25) is 0 Å². The molecule has 0 aliphatic heterocycles. The van der Waals surface area contributed by atoms with Gasteiger partial charge in [0, 0.05) is 6.42 Å². The lowest BCUT2D eigenvalue weighted by molar-refractivity contribution is 0.271. The lowest BCUT2D eigenvalue weighted by atomic mass is 10.3. The molecule has 0 unspecified atom stereocenters. The number of aromatic nitrogens is 3. The number of nitrogens with zero attached hydrogens (tertiary/aromatic N) is 2. The van der Waals surface area contributed by atoms with E-state index in [1.807, 2.05) is 0 Å². The molecule has 0 fully saturated rings. The summed E-state index contributed by atoms with van der Waals surface area (Å²) in [5.41, 5.74) is 5.30. The van der Waals surface area contributed by atoms with E-state index in [-0.39, 0.29) is 6.61 Å².